The van der Waals surface area contributed by atoms with Gasteiger partial charge in [-0.1, -0.05) is 11.3 Å². The molecule has 1 amide bonds. The number of aromatic nitrogens is 5. The van der Waals surface area contributed by atoms with E-state index in [2.05, 4.69) is 61.9 Å². The van der Waals surface area contributed by atoms with E-state index >= 15 is 0 Å². The average molecular weight is 522 g/mol. The summed E-state index contributed by atoms with van der Waals surface area (Å²) in [5, 5.41) is 14.6. The van der Waals surface area contributed by atoms with Gasteiger partial charge in [-0.2, -0.15) is 0 Å². The third kappa shape index (κ3) is 7.92. The van der Waals surface area contributed by atoms with Gasteiger partial charge in [-0.05, 0) is 57.9 Å². The summed E-state index contributed by atoms with van der Waals surface area (Å²) in [4.78, 5) is 25.4. The Morgan fingerprint density at radius 1 is 1.08 bits per heavy atom. The molecule has 2 aromatic carbocycles. The smallest absolute Gasteiger partial charge is 0.246 e. The van der Waals surface area contributed by atoms with E-state index < -0.39 is 5.82 Å². The lowest BCUT2D eigenvalue weighted by atomic mass is 10.2. The van der Waals surface area contributed by atoms with Gasteiger partial charge in [-0.3, -0.25) is 4.79 Å². The molecule has 0 radical (unpaired) electrons. The maximum absolute atomic E-state index is 13.3. The van der Waals surface area contributed by atoms with Crippen LogP contribution in [0.3, 0.4) is 0 Å². The Bertz CT molecular complexity index is 1360. The number of nitrogens with zero attached hydrogens (tertiary/aromatic N) is 7. The molecular weight excluding hydrogens is 489 g/mol. The van der Waals surface area contributed by atoms with Crippen molar-refractivity contribution in [1.82, 2.24) is 34.8 Å². The molecule has 2 N–H and O–H groups in total. The molecular formula is C26H32FN9O2. The zero-order valence-electron chi connectivity index (χ0n) is 21.8. The van der Waals surface area contributed by atoms with Crippen LogP contribution in [-0.2, 0) is 11.3 Å². The molecule has 0 aliphatic rings. The van der Waals surface area contributed by atoms with Crippen molar-refractivity contribution < 1.29 is 13.9 Å². The van der Waals surface area contributed by atoms with Gasteiger partial charge in [0.2, 0.25) is 5.91 Å². The highest BCUT2D eigenvalue weighted by Crippen LogP contribution is 2.25. The van der Waals surface area contributed by atoms with E-state index in [9.17, 15) is 9.18 Å². The molecule has 11 nitrogen and oxygen atoms in total. The lowest BCUT2D eigenvalue weighted by molar-refractivity contribution is -0.116. The average Bonchev–Trinajstić information content (AvgIpc) is 3.31. The molecule has 0 aliphatic carbocycles. The molecule has 12 heteroatoms. The number of nitrogens with one attached hydrogen (secondary N) is 2. The summed E-state index contributed by atoms with van der Waals surface area (Å²) >= 11 is 0. The number of rotatable bonds is 13. The van der Waals surface area contributed by atoms with Crippen molar-refractivity contribution in [2.24, 2.45) is 0 Å². The van der Waals surface area contributed by atoms with E-state index in [4.69, 9.17) is 4.74 Å². The Morgan fingerprint density at radius 2 is 1.95 bits per heavy atom. The van der Waals surface area contributed by atoms with Crippen molar-refractivity contribution in [2.75, 3.05) is 58.0 Å². The summed E-state index contributed by atoms with van der Waals surface area (Å²) in [6.07, 6.45) is 3.98. The van der Waals surface area contributed by atoms with Gasteiger partial charge in [0.05, 0.1) is 18.3 Å². The van der Waals surface area contributed by atoms with Crippen LogP contribution in [0, 0.1) is 5.82 Å². The van der Waals surface area contributed by atoms with Crippen LogP contribution in [0.4, 0.5) is 21.7 Å². The molecule has 38 heavy (non-hydrogen) atoms. The Labute approximate surface area is 220 Å². The predicted molar refractivity (Wildman–Crippen MR) is 144 cm³/mol. The SMILES string of the molecule is CN(C)CCN(C)CCCOc1ccc2c(Nc3cn(CC(=O)Nc4cccc(F)c4)nn3)ncnc2c1. The van der Waals surface area contributed by atoms with E-state index in [1.807, 2.05) is 18.2 Å². The van der Waals surface area contributed by atoms with E-state index in [1.54, 1.807) is 12.3 Å². The van der Waals surface area contributed by atoms with Gasteiger partial charge in [0.15, 0.2) is 5.82 Å². The van der Waals surface area contributed by atoms with E-state index in [0.29, 0.717) is 23.9 Å². The van der Waals surface area contributed by atoms with E-state index in [-0.39, 0.29) is 12.5 Å². The molecule has 0 saturated carbocycles. The van der Waals surface area contributed by atoms with Crippen molar-refractivity contribution in [2.45, 2.75) is 13.0 Å². The molecule has 0 bridgehead atoms. The van der Waals surface area contributed by atoms with Crippen LogP contribution in [0.1, 0.15) is 6.42 Å². The van der Waals surface area contributed by atoms with Crippen molar-refractivity contribution in [3.8, 4) is 5.75 Å². The maximum Gasteiger partial charge on any atom is 0.246 e. The highest BCUT2D eigenvalue weighted by Gasteiger charge is 2.11. The molecule has 4 aromatic rings. The summed E-state index contributed by atoms with van der Waals surface area (Å²) < 4.78 is 20.6. The molecule has 200 valence electrons. The van der Waals surface area contributed by atoms with Crippen molar-refractivity contribution >= 4 is 34.1 Å². The summed E-state index contributed by atoms with van der Waals surface area (Å²) in [5.41, 5.74) is 1.10. The van der Waals surface area contributed by atoms with Gasteiger partial charge in [0.1, 0.15) is 30.3 Å². The number of hydrogen-bond donors (Lipinski definition) is 2. The van der Waals surface area contributed by atoms with Crippen molar-refractivity contribution in [3.63, 3.8) is 0 Å². The summed E-state index contributed by atoms with van der Waals surface area (Å²) in [6, 6.07) is 11.4. The Morgan fingerprint density at radius 3 is 2.76 bits per heavy atom. The number of anilines is 3. The zero-order chi connectivity index (χ0) is 26.9. The second-order valence-corrected chi connectivity index (χ2v) is 9.19. The highest BCUT2D eigenvalue weighted by atomic mass is 19.1. The first-order chi connectivity index (χ1) is 18.4. The molecule has 0 atom stereocenters. The summed E-state index contributed by atoms with van der Waals surface area (Å²) in [5.74, 6) is 0.938. The van der Waals surface area contributed by atoms with Crippen LogP contribution in [0.15, 0.2) is 55.0 Å². The number of halogens is 1. The topological polar surface area (TPSA) is 113 Å². The monoisotopic (exact) mass is 521 g/mol. The van der Waals surface area contributed by atoms with Crippen molar-refractivity contribution in [1.29, 1.82) is 0 Å². The lowest BCUT2D eigenvalue weighted by Crippen LogP contribution is -2.29. The van der Waals surface area contributed by atoms with Crippen LogP contribution in [0.5, 0.6) is 5.75 Å². The molecule has 0 fully saturated rings. The summed E-state index contributed by atoms with van der Waals surface area (Å²) in [6.45, 7) is 3.54. The number of likely N-dealkylation sites (N-methyl/N-ethyl adjacent to an activating group) is 2. The molecule has 0 saturated heterocycles. The minimum atomic E-state index is -0.426. The predicted octanol–water partition coefficient (Wildman–Crippen LogP) is 3.00. The van der Waals surface area contributed by atoms with Gasteiger partial charge in [-0.25, -0.2) is 19.0 Å². The van der Waals surface area contributed by atoms with E-state index in [1.165, 1.54) is 29.2 Å². The first-order valence-electron chi connectivity index (χ1n) is 12.3. The number of amides is 1. The normalized spacial score (nSPS) is 11.3. The fourth-order valence-corrected chi connectivity index (χ4v) is 3.70. The van der Waals surface area contributed by atoms with Crippen LogP contribution in [0.2, 0.25) is 0 Å². The Balaban J connectivity index is 1.31. The number of benzene rings is 2. The van der Waals surface area contributed by atoms with Crippen molar-refractivity contribution in [3.05, 3.63) is 60.8 Å². The van der Waals surface area contributed by atoms with Crippen LogP contribution in [-0.4, -0.2) is 88.1 Å². The molecule has 0 unspecified atom stereocenters. The quantitative estimate of drug-likeness (QED) is 0.256. The molecule has 2 heterocycles. The minimum Gasteiger partial charge on any atom is -0.493 e. The molecule has 4 rings (SSSR count). The third-order valence-electron chi connectivity index (χ3n) is 5.69. The van der Waals surface area contributed by atoms with Crippen LogP contribution >= 0.6 is 0 Å². The fourth-order valence-electron chi connectivity index (χ4n) is 3.70. The Kier molecular flexibility index (Phi) is 9.11. The molecule has 2 aromatic heterocycles. The van der Waals surface area contributed by atoms with Gasteiger partial charge >= 0.3 is 0 Å². The van der Waals surface area contributed by atoms with Crippen LogP contribution in [0.25, 0.3) is 10.9 Å². The largest absolute Gasteiger partial charge is 0.493 e. The number of hydrogen-bond acceptors (Lipinski definition) is 9. The van der Waals surface area contributed by atoms with Gasteiger partial charge in [0.25, 0.3) is 0 Å². The minimum absolute atomic E-state index is 0.0815. The number of carbonyl (C=O) groups excluding carboxylic acids is 1. The third-order valence-corrected chi connectivity index (χ3v) is 5.69. The molecule has 0 aliphatic heterocycles. The number of fused-ring (bicyclic) bond motifs is 1. The summed E-state index contributed by atoms with van der Waals surface area (Å²) in [7, 11) is 6.26. The Hall–Kier alpha value is -4.16. The number of carbonyl (C=O) groups is 1. The van der Waals surface area contributed by atoms with Gasteiger partial charge < -0.3 is 25.2 Å². The maximum atomic E-state index is 13.3. The first-order valence-corrected chi connectivity index (χ1v) is 12.3. The number of ether oxygens (including phenoxy) is 1. The zero-order valence-corrected chi connectivity index (χ0v) is 21.8. The van der Waals surface area contributed by atoms with Gasteiger partial charge in [-0.15, -0.1) is 5.10 Å². The van der Waals surface area contributed by atoms with E-state index in [0.717, 1.165) is 42.7 Å². The lowest BCUT2D eigenvalue weighted by Gasteiger charge is -2.19. The van der Waals surface area contributed by atoms with Crippen LogP contribution < -0.4 is 15.4 Å². The first kappa shape index (κ1) is 26.9. The fraction of sp³-hybridized carbons (Fsp3) is 0.346. The second kappa shape index (κ2) is 12.9. The second-order valence-electron chi connectivity index (χ2n) is 9.19. The van der Waals surface area contributed by atoms with Gasteiger partial charge in [0, 0.05) is 36.8 Å². The highest BCUT2D eigenvalue weighted by molar-refractivity contribution is 5.91. The molecule has 0 spiro atoms. The standard InChI is InChI=1S/C26H32FN9O2/c1-34(2)11-12-35(3)10-5-13-38-21-8-9-22-23(15-21)28-18-29-26(22)31-24-16-36(33-32-24)17-25(37)30-20-7-4-6-19(27)14-20/h4,6-9,14-16,18H,5,10-13,17H2,1-3H3,(H,30,37)(H,28,29,31).